The van der Waals surface area contributed by atoms with Crippen molar-refractivity contribution in [2.45, 2.75) is 53.0 Å². The average Bonchev–Trinajstić information content (AvgIpc) is 2.65. The molecular formula is C12H25N. The van der Waals surface area contributed by atoms with Gasteiger partial charge in [0.05, 0.1) is 0 Å². The zero-order chi connectivity index (χ0) is 9.84. The predicted molar refractivity (Wildman–Crippen MR) is 58.9 cm³/mol. The Kier molecular flexibility index (Phi) is 4.24. The number of likely N-dealkylation sites (tertiary alicyclic amines) is 1. The van der Waals surface area contributed by atoms with E-state index in [0.29, 0.717) is 0 Å². The summed E-state index contributed by atoms with van der Waals surface area (Å²) < 4.78 is 0. The summed E-state index contributed by atoms with van der Waals surface area (Å²) in [7, 11) is 0. The van der Waals surface area contributed by atoms with Gasteiger partial charge in [-0.3, -0.25) is 0 Å². The molecule has 0 radical (unpaired) electrons. The second kappa shape index (κ2) is 4.99. The van der Waals surface area contributed by atoms with E-state index in [0.717, 1.165) is 17.9 Å². The van der Waals surface area contributed by atoms with Crippen LogP contribution in [0, 0.1) is 11.8 Å². The first kappa shape index (κ1) is 11.0. The fourth-order valence-electron chi connectivity index (χ4n) is 2.69. The second-order valence-electron chi connectivity index (χ2n) is 4.50. The molecule has 0 spiro atoms. The molecule has 2 atom stereocenters. The lowest BCUT2D eigenvalue weighted by molar-refractivity contribution is 0.254. The summed E-state index contributed by atoms with van der Waals surface area (Å²) >= 11 is 0. The van der Waals surface area contributed by atoms with Gasteiger partial charge in [0.15, 0.2) is 0 Å². The van der Waals surface area contributed by atoms with Crippen LogP contribution < -0.4 is 0 Å². The van der Waals surface area contributed by atoms with Crippen LogP contribution in [0.1, 0.15) is 47.0 Å². The third-order valence-electron chi connectivity index (χ3n) is 3.48. The lowest BCUT2D eigenvalue weighted by Crippen LogP contribution is -2.28. The maximum Gasteiger partial charge on any atom is 0.00388 e. The highest BCUT2D eigenvalue weighted by Crippen LogP contribution is 2.38. The minimum atomic E-state index is 0.778. The van der Waals surface area contributed by atoms with Crippen molar-refractivity contribution in [3.8, 4) is 0 Å². The third-order valence-corrected chi connectivity index (χ3v) is 3.48. The molecule has 0 aromatic heterocycles. The highest BCUT2D eigenvalue weighted by molar-refractivity contribution is 4.89. The number of nitrogens with zero attached hydrogens (tertiary/aromatic N) is 1. The summed E-state index contributed by atoms with van der Waals surface area (Å²) in [6, 6.07) is 0.778. The first-order valence-electron chi connectivity index (χ1n) is 6.01. The molecule has 1 saturated carbocycles. The molecular weight excluding hydrogens is 158 g/mol. The van der Waals surface area contributed by atoms with E-state index in [1.165, 1.54) is 32.4 Å². The molecule has 2 fully saturated rings. The first-order chi connectivity index (χ1) is 6.27. The smallest absolute Gasteiger partial charge is 0.00388 e. The van der Waals surface area contributed by atoms with E-state index in [2.05, 4.69) is 18.7 Å². The molecule has 1 unspecified atom stereocenters. The first-order valence-corrected chi connectivity index (χ1v) is 6.01. The molecule has 0 bridgehead atoms. The molecule has 0 amide bonds. The summed E-state index contributed by atoms with van der Waals surface area (Å²) in [5.41, 5.74) is 0. The zero-order valence-electron chi connectivity index (χ0n) is 9.71. The van der Waals surface area contributed by atoms with E-state index < -0.39 is 0 Å². The Morgan fingerprint density at radius 3 is 1.85 bits per heavy atom. The van der Waals surface area contributed by atoms with Gasteiger partial charge in [0.25, 0.3) is 0 Å². The van der Waals surface area contributed by atoms with Crippen molar-refractivity contribution in [3.63, 3.8) is 0 Å². The van der Waals surface area contributed by atoms with Gasteiger partial charge in [0, 0.05) is 19.1 Å². The molecule has 13 heavy (non-hydrogen) atoms. The Labute approximate surface area is 83.5 Å². The van der Waals surface area contributed by atoms with E-state index in [1.807, 2.05) is 13.8 Å². The molecule has 0 aromatic rings. The monoisotopic (exact) mass is 183 g/mol. The maximum absolute atomic E-state index is 2.65. The molecule has 1 saturated heterocycles. The van der Waals surface area contributed by atoms with Gasteiger partial charge in [-0.15, -0.1) is 0 Å². The van der Waals surface area contributed by atoms with Crippen molar-refractivity contribution in [2.24, 2.45) is 11.8 Å². The van der Waals surface area contributed by atoms with Gasteiger partial charge in [-0.2, -0.15) is 0 Å². The summed E-state index contributed by atoms with van der Waals surface area (Å²) in [5.74, 6) is 2.13. The summed E-state index contributed by atoms with van der Waals surface area (Å²) in [6.07, 6.45) is 4.52. The average molecular weight is 183 g/mol. The van der Waals surface area contributed by atoms with Crippen molar-refractivity contribution in [1.82, 2.24) is 4.90 Å². The van der Waals surface area contributed by atoms with Crippen LogP contribution in [0.5, 0.6) is 0 Å². The maximum atomic E-state index is 2.65. The standard InChI is InChI=1S/C10H19N.C2H6/c1-8(2)11-6-9-4-3-5-10(9)7-11;1-2/h8-10H,3-7H2,1-2H3;1-2H3/t9-,10?;/m0./s1. The van der Waals surface area contributed by atoms with E-state index in [-0.39, 0.29) is 0 Å². The Morgan fingerprint density at radius 2 is 1.46 bits per heavy atom. The van der Waals surface area contributed by atoms with Crippen LogP contribution in [0.3, 0.4) is 0 Å². The Morgan fingerprint density at radius 1 is 1.00 bits per heavy atom. The highest BCUT2D eigenvalue weighted by Gasteiger charge is 2.36. The molecule has 2 rings (SSSR count). The fourth-order valence-corrected chi connectivity index (χ4v) is 2.69. The summed E-state index contributed by atoms with van der Waals surface area (Å²) in [5, 5.41) is 0. The Balaban J connectivity index is 0.000000396. The molecule has 2 aliphatic rings. The van der Waals surface area contributed by atoms with Crippen LogP contribution in [0.2, 0.25) is 0 Å². The quantitative estimate of drug-likeness (QED) is 0.603. The molecule has 1 aliphatic carbocycles. The Hall–Kier alpha value is -0.0400. The molecule has 1 nitrogen and oxygen atoms in total. The van der Waals surface area contributed by atoms with E-state index in [1.54, 1.807) is 0 Å². The molecule has 1 heteroatoms. The van der Waals surface area contributed by atoms with Gasteiger partial charge in [0.2, 0.25) is 0 Å². The van der Waals surface area contributed by atoms with Crippen LogP contribution in [0.15, 0.2) is 0 Å². The van der Waals surface area contributed by atoms with Crippen molar-refractivity contribution < 1.29 is 0 Å². The number of fused-ring (bicyclic) bond motifs is 1. The van der Waals surface area contributed by atoms with Crippen molar-refractivity contribution in [1.29, 1.82) is 0 Å². The minimum Gasteiger partial charge on any atom is -0.300 e. The van der Waals surface area contributed by atoms with Gasteiger partial charge >= 0.3 is 0 Å². The van der Waals surface area contributed by atoms with Crippen LogP contribution >= 0.6 is 0 Å². The van der Waals surface area contributed by atoms with Gasteiger partial charge in [-0.05, 0) is 38.5 Å². The second-order valence-corrected chi connectivity index (χ2v) is 4.50. The van der Waals surface area contributed by atoms with E-state index in [4.69, 9.17) is 0 Å². The topological polar surface area (TPSA) is 3.24 Å². The largest absolute Gasteiger partial charge is 0.300 e. The molecule has 1 heterocycles. The van der Waals surface area contributed by atoms with Crippen LogP contribution in [0.4, 0.5) is 0 Å². The number of hydrogen-bond acceptors (Lipinski definition) is 1. The zero-order valence-corrected chi connectivity index (χ0v) is 9.71. The summed E-state index contributed by atoms with van der Waals surface area (Å²) in [6.45, 7) is 11.4. The molecule has 0 N–H and O–H groups in total. The normalized spacial score (nSPS) is 33.0. The van der Waals surface area contributed by atoms with Gasteiger partial charge in [-0.1, -0.05) is 20.3 Å². The predicted octanol–water partition coefficient (Wildman–Crippen LogP) is 3.15. The molecule has 0 aromatic carbocycles. The Bertz CT molecular complexity index is 130. The van der Waals surface area contributed by atoms with Crippen LogP contribution in [-0.4, -0.2) is 24.0 Å². The van der Waals surface area contributed by atoms with Gasteiger partial charge < -0.3 is 4.90 Å². The molecule has 1 aliphatic heterocycles. The van der Waals surface area contributed by atoms with Crippen molar-refractivity contribution in [3.05, 3.63) is 0 Å². The summed E-state index contributed by atoms with van der Waals surface area (Å²) in [4.78, 5) is 2.65. The minimum absolute atomic E-state index is 0.778. The van der Waals surface area contributed by atoms with Crippen LogP contribution in [0.25, 0.3) is 0 Å². The number of hydrogen-bond donors (Lipinski definition) is 0. The van der Waals surface area contributed by atoms with Crippen molar-refractivity contribution >= 4 is 0 Å². The lowest BCUT2D eigenvalue weighted by Gasteiger charge is -2.20. The SMILES string of the molecule is CC.CC(C)N1CC2CCC[C@H]2C1. The fraction of sp³-hybridized carbons (Fsp3) is 1.00. The van der Waals surface area contributed by atoms with Crippen molar-refractivity contribution in [2.75, 3.05) is 13.1 Å². The number of rotatable bonds is 1. The van der Waals surface area contributed by atoms with Crippen LogP contribution in [-0.2, 0) is 0 Å². The van der Waals surface area contributed by atoms with E-state index in [9.17, 15) is 0 Å². The van der Waals surface area contributed by atoms with Gasteiger partial charge in [0.1, 0.15) is 0 Å². The third kappa shape index (κ3) is 2.46. The lowest BCUT2D eigenvalue weighted by atomic mass is 10.0. The van der Waals surface area contributed by atoms with Gasteiger partial charge in [-0.25, -0.2) is 0 Å². The van der Waals surface area contributed by atoms with E-state index >= 15 is 0 Å². The molecule has 78 valence electrons. The highest BCUT2D eigenvalue weighted by atomic mass is 15.2.